The number of rotatable bonds is 14. The van der Waals surface area contributed by atoms with Crippen LogP contribution in [0.5, 0.6) is 5.75 Å². The first kappa shape index (κ1) is 37.3. The molecule has 1 saturated heterocycles. The van der Waals surface area contributed by atoms with Crippen molar-refractivity contribution < 1.29 is 32.9 Å². The third-order valence-corrected chi connectivity index (χ3v) is 11.5. The topological polar surface area (TPSA) is 134 Å². The largest absolute Gasteiger partial charge is 0.508 e. The molecular formula is C41H42N2O7S2. The van der Waals surface area contributed by atoms with Crippen molar-refractivity contribution in [3.05, 3.63) is 161 Å². The van der Waals surface area contributed by atoms with Gasteiger partial charge in [-0.2, -0.15) is 4.72 Å². The lowest BCUT2D eigenvalue weighted by Gasteiger charge is -2.36. The molecule has 1 aliphatic rings. The predicted molar refractivity (Wildman–Crippen MR) is 201 cm³/mol. The van der Waals surface area contributed by atoms with Crippen LogP contribution in [0.25, 0.3) is 0 Å². The van der Waals surface area contributed by atoms with Gasteiger partial charge in [0.1, 0.15) is 11.8 Å². The highest BCUT2D eigenvalue weighted by atomic mass is 32.2. The second-order valence-electron chi connectivity index (χ2n) is 12.8. The molecule has 5 aromatic rings. The molecule has 0 saturated carbocycles. The number of thioether (sulfide) groups is 1. The van der Waals surface area contributed by atoms with Gasteiger partial charge >= 0.3 is 0 Å². The molecule has 0 radical (unpaired) electrons. The number of nitrogens with one attached hydrogen (secondary N) is 2. The summed E-state index contributed by atoms with van der Waals surface area (Å²) in [6.07, 6.45) is -0.187. The standard InChI is InChI=1S/C41H42N2O7S2/c1-28-7-21-37(22-8-28)52(47,48)43-38(23-29-5-3-2-4-6-29)40(46)42-25-30-9-15-33(16-10-30)41-49-35(27-51-36-19-17-34(45)18-20-36)24-39(50-41)32-13-11-31(26-44)12-14-32/h2-22,35,38-39,41,43-45H,23-27H2,1H3,(H,42,46). The van der Waals surface area contributed by atoms with E-state index in [9.17, 15) is 23.4 Å². The Hall–Kier alpha value is -4.49. The Morgan fingerprint density at radius 3 is 2.13 bits per heavy atom. The number of phenols is 1. The highest BCUT2D eigenvalue weighted by molar-refractivity contribution is 7.99. The van der Waals surface area contributed by atoms with E-state index >= 15 is 0 Å². The summed E-state index contributed by atoms with van der Waals surface area (Å²) < 4.78 is 42.1. The molecule has 1 fully saturated rings. The fraction of sp³-hybridized carbons (Fsp3) is 0.244. The molecule has 11 heteroatoms. The molecule has 1 aliphatic heterocycles. The first-order chi connectivity index (χ1) is 25.1. The Balaban J connectivity index is 1.13. The van der Waals surface area contributed by atoms with Gasteiger partial charge in [0, 0.05) is 29.2 Å². The maximum absolute atomic E-state index is 13.5. The van der Waals surface area contributed by atoms with Gasteiger partial charge in [0.05, 0.1) is 23.7 Å². The summed E-state index contributed by atoms with van der Waals surface area (Å²) in [5.74, 6) is 0.458. The predicted octanol–water partition coefficient (Wildman–Crippen LogP) is 6.74. The molecule has 1 heterocycles. The zero-order valence-electron chi connectivity index (χ0n) is 28.7. The van der Waals surface area contributed by atoms with Gasteiger partial charge in [-0.1, -0.05) is 96.6 Å². The van der Waals surface area contributed by atoms with E-state index in [1.165, 1.54) is 12.1 Å². The van der Waals surface area contributed by atoms with Crippen LogP contribution in [0.1, 0.15) is 52.2 Å². The van der Waals surface area contributed by atoms with Crippen LogP contribution in [0.2, 0.25) is 0 Å². The lowest BCUT2D eigenvalue weighted by molar-refractivity contribution is -0.245. The van der Waals surface area contributed by atoms with Crippen LogP contribution in [0.15, 0.2) is 137 Å². The van der Waals surface area contributed by atoms with Gasteiger partial charge in [0.25, 0.3) is 0 Å². The molecule has 0 spiro atoms. The monoisotopic (exact) mass is 738 g/mol. The average molecular weight is 739 g/mol. The van der Waals surface area contributed by atoms with Crippen LogP contribution in [0.4, 0.5) is 0 Å². The molecule has 270 valence electrons. The summed E-state index contributed by atoms with van der Waals surface area (Å²) in [7, 11) is -3.96. The smallest absolute Gasteiger partial charge is 0.241 e. The van der Waals surface area contributed by atoms with Gasteiger partial charge in [0.2, 0.25) is 15.9 Å². The van der Waals surface area contributed by atoms with Crippen molar-refractivity contribution in [1.29, 1.82) is 0 Å². The second kappa shape index (κ2) is 17.4. The zero-order chi connectivity index (χ0) is 36.5. The third-order valence-electron chi connectivity index (χ3n) is 8.83. The summed E-state index contributed by atoms with van der Waals surface area (Å²) in [6.45, 7) is 2.03. The Labute approximate surface area is 309 Å². The molecule has 5 aromatic carbocycles. The number of ether oxygens (including phenoxy) is 2. The number of aliphatic hydroxyl groups excluding tert-OH is 1. The van der Waals surface area contributed by atoms with Crippen molar-refractivity contribution in [2.24, 2.45) is 0 Å². The van der Waals surface area contributed by atoms with Gasteiger partial charge in [-0.15, -0.1) is 11.8 Å². The molecule has 4 atom stereocenters. The minimum Gasteiger partial charge on any atom is -0.508 e. The van der Waals surface area contributed by atoms with Crippen LogP contribution in [-0.4, -0.2) is 42.4 Å². The molecule has 4 N–H and O–H groups in total. The van der Waals surface area contributed by atoms with Crippen molar-refractivity contribution in [3.8, 4) is 5.75 Å². The summed E-state index contributed by atoms with van der Waals surface area (Å²) in [5.41, 5.74) is 5.22. The van der Waals surface area contributed by atoms with Gasteiger partial charge in [-0.25, -0.2) is 8.42 Å². The molecule has 52 heavy (non-hydrogen) atoms. The van der Waals surface area contributed by atoms with Gasteiger partial charge in [-0.3, -0.25) is 4.79 Å². The number of hydrogen-bond donors (Lipinski definition) is 4. The van der Waals surface area contributed by atoms with Crippen molar-refractivity contribution in [1.82, 2.24) is 10.0 Å². The van der Waals surface area contributed by atoms with Gasteiger partial charge in [-0.05, 0) is 72.0 Å². The second-order valence-corrected chi connectivity index (χ2v) is 15.6. The van der Waals surface area contributed by atoms with E-state index in [2.05, 4.69) is 10.0 Å². The van der Waals surface area contributed by atoms with Gasteiger partial charge in [0.15, 0.2) is 6.29 Å². The van der Waals surface area contributed by atoms with Gasteiger partial charge < -0.3 is 25.0 Å². The number of benzene rings is 5. The Bertz CT molecular complexity index is 2010. The van der Waals surface area contributed by atoms with Crippen LogP contribution in [-0.2, 0) is 43.9 Å². The highest BCUT2D eigenvalue weighted by Gasteiger charge is 2.32. The summed E-state index contributed by atoms with van der Waals surface area (Å²) in [4.78, 5) is 14.6. The molecule has 0 aromatic heterocycles. The Kier molecular flexibility index (Phi) is 12.4. The number of phenolic OH excluding ortho intramolecular Hbond substituents is 1. The number of carbonyl (C=O) groups excluding carboxylic acids is 1. The van der Waals surface area contributed by atoms with E-state index < -0.39 is 28.3 Å². The fourth-order valence-electron chi connectivity index (χ4n) is 5.87. The van der Waals surface area contributed by atoms with E-state index in [0.29, 0.717) is 12.2 Å². The van der Waals surface area contributed by atoms with Crippen LogP contribution in [0, 0.1) is 6.92 Å². The Morgan fingerprint density at radius 2 is 1.46 bits per heavy atom. The molecule has 0 bridgehead atoms. The quantitative estimate of drug-likeness (QED) is 0.0922. The van der Waals surface area contributed by atoms with Crippen LogP contribution >= 0.6 is 11.8 Å². The molecule has 0 aliphatic carbocycles. The molecule has 4 unspecified atom stereocenters. The Morgan fingerprint density at radius 1 is 0.808 bits per heavy atom. The number of carbonyl (C=O) groups is 1. The first-order valence-corrected chi connectivity index (χ1v) is 19.5. The number of aliphatic hydroxyl groups is 1. The number of aryl methyl sites for hydroxylation is 1. The van der Waals surface area contributed by atoms with Crippen molar-refractivity contribution >= 4 is 27.7 Å². The summed E-state index contributed by atoms with van der Waals surface area (Å²) >= 11 is 1.65. The maximum Gasteiger partial charge on any atom is 0.241 e. The number of hydrogen-bond acceptors (Lipinski definition) is 8. The molecular weight excluding hydrogens is 697 g/mol. The maximum atomic E-state index is 13.5. The summed E-state index contributed by atoms with van der Waals surface area (Å²) in [6, 6.07) is 37.2. The molecule has 6 rings (SSSR count). The molecule has 9 nitrogen and oxygen atoms in total. The highest BCUT2D eigenvalue weighted by Crippen LogP contribution is 2.39. The number of amides is 1. The van der Waals surface area contributed by atoms with E-state index in [1.54, 1.807) is 36.0 Å². The normalized spacial score (nSPS) is 18.1. The fourth-order valence-corrected chi connectivity index (χ4v) is 7.99. The summed E-state index contributed by atoms with van der Waals surface area (Å²) in [5, 5.41) is 22.1. The lowest BCUT2D eigenvalue weighted by Crippen LogP contribution is -2.47. The minimum absolute atomic E-state index is 0.0348. The average Bonchev–Trinajstić information content (AvgIpc) is 3.17. The van der Waals surface area contributed by atoms with Crippen molar-refractivity contribution in [2.75, 3.05) is 5.75 Å². The van der Waals surface area contributed by atoms with Crippen molar-refractivity contribution in [2.45, 2.75) is 67.2 Å². The number of aromatic hydroxyl groups is 1. The zero-order valence-corrected chi connectivity index (χ0v) is 30.4. The molecule has 1 amide bonds. The lowest BCUT2D eigenvalue weighted by atomic mass is 10.0. The van der Waals surface area contributed by atoms with Crippen molar-refractivity contribution in [3.63, 3.8) is 0 Å². The van der Waals surface area contributed by atoms with E-state index in [1.807, 2.05) is 97.9 Å². The van der Waals surface area contributed by atoms with Crippen LogP contribution in [0.3, 0.4) is 0 Å². The van der Waals surface area contributed by atoms with E-state index in [-0.39, 0.29) is 42.4 Å². The third kappa shape index (κ3) is 10.1. The SMILES string of the molecule is Cc1ccc(S(=O)(=O)NC(Cc2ccccc2)C(=O)NCc2ccc(C3OC(CSc4ccc(O)cc4)CC(c4ccc(CO)cc4)O3)cc2)cc1. The first-order valence-electron chi connectivity index (χ1n) is 17.1. The van der Waals surface area contributed by atoms with E-state index in [0.717, 1.165) is 38.3 Å². The van der Waals surface area contributed by atoms with Crippen LogP contribution < -0.4 is 10.0 Å². The van der Waals surface area contributed by atoms with E-state index in [4.69, 9.17) is 9.47 Å². The number of sulfonamides is 1. The minimum atomic E-state index is -3.96.